The van der Waals surface area contributed by atoms with Gasteiger partial charge in [-0.1, -0.05) is 37.3 Å². The number of fused-ring (bicyclic) bond motifs is 2. The van der Waals surface area contributed by atoms with Gasteiger partial charge >= 0.3 is 5.97 Å². The number of anilines is 1. The lowest BCUT2D eigenvalue weighted by Crippen LogP contribution is -2.36. The highest BCUT2D eigenvalue weighted by Crippen LogP contribution is 2.37. The van der Waals surface area contributed by atoms with Crippen LogP contribution in [0.3, 0.4) is 0 Å². The van der Waals surface area contributed by atoms with Crippen LogP contribution in [0, 0.1) is 0 Å². The molecule has 28 heavy (non-hydrogen) atoms. The summed E-state index contributed by atoms with van der Waals surface area (Å²) >= 11 is 1.77. The lowest BCUT2D eigenvalue weighted by molar-refractivity contribution is -0.147. The Kier molecular flexibility index (Phi) is 5.34. The molecular weight excluding hydrogens is 374 g/mol. The zero-order valence-corrected chi connectivity index (χ0v) is 16.4. The number of thioether (sulfide) groups is 1. The summed E-state index contributed by atoms with van der Waals surface area (Å²) in [6.07, 6.45) is 0.941. The predicted molar refractivity (Wildman–Crippen MR) is 109 cm³/mol. The number of carbonyl (C=O) groups is 2. The van der Waals surface area contributed by atoms with Crippen LogP contribution in [0.2, 0.25) is 0 Å². The van der Waals surface area contributed by atoms with E-state index in [2.05, 4.69) is 17.1 Å². The van der Waals surface area contributed by atoms with E-state index in [4.69, 9.17) is 4.74 Å². The van der Waals surface area contributed by atoms with E-state index in [0.29, 0.717) is 17.5 Å². The van der Waals surface area contributed by atoms with Crippen molar-refractivity contribution in [1.82, 2.24) is 10.2 Å². The molecule has 0 unspecified atom stereocenters. The molecular formula is C21H21N3O3S. The third kappa shape index (κ3) is 3.89. The lowest BCUT2D eigenvalue weighted by atomic mass is 10.2. The summed E-state index contributed by atoms with van der Waals surface area (Å²) in [6, 6.07) is 15.4. The fraction of sp³-hybridized carbons (Fsp3) is 0.286. The zero-order valence-electron chi connectivity index (χ0n) is 15.6. The number of aromatic amines is 1. The predicted octanol–water partition coefficient (Wildman–Crippen LogP) is 3.57. The van der Waals surface area contributed by atoms with Crippen molar-refractivity contribution in [3.05, 3.63) is 54.2 Å². The Balaban J connectivity index is 1.41. The monoisotopic (exact) mass is 395 g/mol. The van der Waals surface area contributed by atoms with Gasteiger partial charge in [0.05, 0.1) is 23.3 Å². The number of carbonyl (C=O) groups excluding carboxylic acids is 2. The standard InChI is InChI=1S/C21H21N3O3S/c1-14-10-11-24(18-8-4-5-9-19(18)28-14)20(25)13-27-21(26)12-17-15-6-2-3-7-16(15)22-23-17/h2-9,14H,10-13H2,1H3,(H,22,23)/t14-/m1/s1. The fourth-order valence-corrected chi connectivity index (χ4v) is 4.42. The Morgan fingerprint density at radius 3 is 2.89 bits per heavy atom. The molecule has 2 heterocycles. The van der Waals surface area contributed by atoms with E-state index >= 15 is 0 Å². The van der Waals surface area contributed by atoms with Crippen LogP contribution in [0.5, 0.6) is 0 Å². The van der Waals surface area contributed by atoms with Gasteiger partial charge in [-0.05, 0) is 24.6 Å². The number of benzene rings is 2. The molecule has 7 heteroatoms. The number of amides is 1. The molecule has 1 aliphatic heterocycles. The van der Waals surface area contributed by atoms with Crippen molar-refractivity contribution >= 4 is 40.2 Å². The summed E-state index contributed by atoms with van der Waals surface area (Å²) in [7, 11) is 0. The topological polar surface area (TPSA) is 75.3 Å². The highest BCUT2D eigenvalue weighted by Gasteiger charge is 2.25. The number of esters is 1. The van der Waals surface area contributed by atoms with Crippen molar-refractivity contribution in [3.63, 3.8) is 0 Å². The molecule has 0 aliphatic carbocycles. The first-order chi connectivity index (χ1) is 13.6. The second-order valence-corrected chi connectivity index (χ2v) is 8.27. The molecule has 0 radical (unpaired) electrons. The SMILES string of the molecule is C[C@@H]1CCN(C(=O)COC(=O)Cc2[nH]nc3ccccc23)c2ccccc2S1. The van der Waals surface area contributed by atoms with Crippen molar-refractivity contribution in [2.45, 2.75) is 29.9 Å². The first kappa shape index (κ1) is 18.6. The van der Waals surface area contributed by atoms with Crippen LogP contribution in [-0.4, -0.2) is 40.5 Å². The quantitative estimate of drug-likeness (QED) is 0.684. The second kappa shape index (κ2) is 8.06. The van der Waals surface area contributed by atoms with Gasteiger partial charge in [0.2, 0.25) is 0 Å². The molecule has 1 N–H and O–H groups in total. The van der Waals surface area contributed by atoms with E-state index in [9.17, 15) is 9.59 Å². The van der Waals surface area contributed by atoms with Crippen molar-refractivity contribution in [3.8, 4) is 0 Å². The van der Waals surface area contributed by atoms with Gasteiger partial charge in [-0.3, -0.25) is 14.7 Å². The molecule has 144 valence electrons. The lowest BCUT2D eigenvalue weighted by Gasteiger charge is -2.22. The molecule has 1 aromatic heterocycles. The van der Waals surface area contributed by atoms with Gasteiger partial charge in [0.25, 0.3) is 5.91 Å². The van der Waals surface area contributed by atoms with Crippen LogP contribution in [0.15, 0.2) is 53.4 Å². The Bertz CT molecular complexity index is 1020. The summed E-state index contributed by atoms with van der Waals surface area (Å²) in [6.45, 7) is 2.51. The zero-order chi connectivity index (χ0) is 19.5. The van der Waals surface area contributed by atoms with Gasteiger partial charge in [-0.25, -0.2) is 0 Å². The summed E-state index contributed by atoms with van der Waals surface area (Å²) in [5.41, 5.74) is 2.38. The van der Waals surface area contributed by atoms with E-state index in [1.165, 1.54) is 0 Å². The molecule has 0 fully saturated rings. The minimum Gasteiger partial charge on any atom is -0.455 e. The van der Waals surface area contributed by atoms with Crippen molar-refractivity contribution < 1.29 is 14.3 Å². The molecule has 0 bridgehead atoms. The number of nitrogens with zero attached hydrogens (tertiary/aromatic N) is 2. The summed E-state index contributed by atoms with van der Waals surface area (Å²) < 4.78 is 5.28. The number of H-pyrrole nitrogens is 1. The van der Waals surface area contributed by atoms with Crippen LogP contribution in [0.1, 0.15) is 19.0 Å². The molecule has 1 amide bonds. The van der Waals surface area contributed by atoms with E-state index in [1.807, 2.05) is 48.5 Å². The summed E-state index contributed by atoms with van der Waals surface area (Å²) in [5, 5.41) is 8.36. The highest BCUT2D eigenvalue weighted by molar-refractivity contribution is 8.00. The van der Waals surface area contributed by atoms with E-state index in [1.54, 1.807) is 16.7 Å². The third-order valence-corrected chi connectivity index (χ3v) is 6.00. The van der Waals surface area contributed by atoms with Gasteiger partial charge in [-0.2, -0.15) is 5.10 Å². The first-order valence-corrected chi connectivity index (χ1v) is 10.1. The van der Waals surface area contributed by atoms with Crippen LogP contribution in [0.25, 0.3) is 10.9 Å². The molecule has 0 saturated carbocycles. The van der Waals surface area contributed by atoms with E-state index in [0.717, 1.165) is 27.9 Å². The molecule has 2 aromatic carbocycles. The van der Waals surface area contributed by atoms with Crippen molar-refractivity contribution in [2.24, 2.45) is 0 Å². The number of hydrogen-bond acceptors (Lipinski definition) is 5. The van der Waals surface area contributed by atoms with Crippen molar-refractivity contribution in [1.29, 1.82) is 0 Å². The smallest absolute Gasteiger partial charge is 0.312 e. The first-order valence-electron chi connectivity index (χ1n) is 9.25. The average Bonchev–Trinajstić information content (AvgIpc) is 3.01. The molecule has 6 nitrogen and oxygen atoms in total. The van der Waals surface area contributed by atoms with Gasteiger partial charge in [0.15, 0.2) is 6.61 Å². The number of rotatable bonds is 4. The van der Waals surface area contributed by atoms with E-state index < -0.39 is 5.97 Å². The average molecular weight is 395 g/mol. The Hall–Kier alpha value is -2.80. The minimum absolute atomic E-state index is 0.0528. The summed E-state index contributed by atoms with van der Waals surface area (Å²) in [5.74, 6) is -0.654. The molecule has 1 aliphatic rings. The Morgan fingerprint density at radius 2 is 2.00 bits per heavy atom. The van der Waals surface area contributed by atoms with Crippen LogP contribution in [-0.2, 0) is 20.7 Å². The number of aromatic nitrogens is 2. The van der Waals surface area contributed by atoms with E-state index in [-0.39, 0.29) is 18.9 Å². The fourth-order valence-electron chi connectivity index (χ4n) is 3.31. The van der Waals surface area contributed by atoms with Gasteiger partial charge in [-0.15, -0.1) is 11.8 Å². The maximum Gasteiger partial charge on any atom is 0.312 e. The molecule has 1 atom stereocenters. The number of para-hydroxylation sites is 2. The number of nitrogens with one attached hydrogen (secondary N) is 1. The Morgan fingerprint density at radius 1 is 1.21 bits per heavy atom. The normalized spacial score (nSPS) is 16.5. The molecule has 0 saturated heterocycles. The maximum atomic E-state index is 12.8. The summed E-state index contributed by atoms with van der Waals surface area (Å²) in [4.78, 5) is 27.8. The molecule has 4 rings (SSSR count). The minimum atomic E-state index is -0.450. The van der Waals surface area contributed by atoms with Gasteiger partial charge < -0.3 is 9.64 Å². The third-order valence-electron chi connectivity index (χ3n) is 4.76. The Labute approximate surface area is 167 Å². The van der Waals surface area contributed by atoms with Crippen LogP contribution >= 0.6 is 11.8 Å². The highest BCUT2D eigenvalue weighted by atomic mass is 32.2. The maximum absolute atomic E-state index is 12.8. The second-order valence-electron chi connectivity index (χ2n) is 6.79. The molecule has 3 aromatic rings. The number of hydrogen-bond donors (Lipinski definition) is 1. The number of ether oxygens (including phenoxy) is 1. The van der Waals surface area contributed by atoms with Crippen LogP contribution < -0.4 is 4.90 Å². The largest absolute Gasteiger partial charge is 0.455 e. The molecule has 0 spiro atoms. The van der Waals surface area contributed by atoms with Gasteiger partial charge in [0.1, 0.15) is 0 Å². The van der Waals surface area contributed by atoms with Crippen molar-refractivity contribution in [2.75, 3.05) is 18.1 Å². The van der Waals surface area contributed by atoms with Gasteiger partial charge in [0, 0.05) is 22.1 Å². The van der Waals surface area contributed by atoms with Crippen LogP contribution in [0.4, 0.5) is 5.69 Å².